The van der Waals surface area contributed by atoms with Crippen molar-refractivity contribution in [1.29, 1.82) is 0 Å². The fourth-order valence-electron chi connectivity index (χ4n) is 3.02. The van der Waals surface area contributed by atoms with Gasteiger partial charge in [-0.3, -0.25) is 0 Å². The summed E-state index contributed by atoms with van der Waals surface area (Å²) < 4.78 is 16.4. The van der Waals surface area contributed by atoms with Gasteiger partial charge in [0.25, 0.3) is 0 Å². The molecule has 2 aliphatic rings. The summed E-state index contributed by atoms with van der Waals surface area (Å²) in [5.41, 5.74) is 5.73. The highest BCUT2D eigenvalue weighted by Crippen LogP contribution is 2.41. The molecule has 0 aromatic heterocycles. The SMILES string of the molecule is NC(=O)O[C@H]1CCC[C@@]2(OCc3cc(C(=O)O)ccc3O2)[C@H]1O. The molecule has 3 rings (SSSR count). The first-order valence-electron chi connectivity index (χ1n) is 7.25. The molecule has 1 saturated carbocycles. The second kappa shape index (κ2) is 5.71. The van der Waals surface area contributed by atoms with Crippen molar-refractivity contribution < 1.29 is 34.0 Å². The van der Waals surface area contributed by atoms with Gasteiger partial charge in [0.1, 0.15) is 11.9 Å². The van der Waals surface area contributed by atoms with E-state index in [2.05, 4.69) is 0 Å². The zero-order valence-electron chi connectivity index (χ0n) is 12.2. The molecule has 0 radical (unpaired) electrons. The van der Waals surface area contributed by atoms with Crippen LogP contribution in [0, 0.1) is 0 Å². The topological polar surface area (TPSA) is 128 Å². The van der Waals surface area contributed by atoms with Crippen LogP contribution in [0.25, 0.3) is 0 Å². The van der Waals surface area contributed by atoms with Crippen LogP contribution in [0.2, 0.25) is 0 Å². The average Bonchev–Trinajstić information content (AvgIpc) is 2.51. The van der Waals surface area contributed by atoms with Crippen LogP contribution < -0.4 is 10.5 Å². The van der Waals surface area contributed by atoms with Gasteiger partial charge in [0.2, 0.25) is 5.79 Å². The van der Waals surface area contributed by atoms with E-state index in [1.165, 1.54) is 18.2 Å². The number of ether oxygens (including phenoxy) is 3. The van der Waals surface area contributed by atoms with Crippen LogP contribution in [0.5, 0.6) is 5.75 Å². The number of aromatic carboxylic acids is 1. The summed E-state index contributed by atoms with van der Waals surface area (Å²) in [7, 11) is 0. The minimum Gasteiger partial charge on any atom is -0.478 e. The molecule has 8 heteroatoms. The number of benzene rings is 1. The van der Waals surface area contributed by atoms with Gasteiger partial charge in [0.05, 0.1) is 12.2 Å². The van der Waals surface area contributed by atoms with Crippen molar-refractivity contribution in [2.75, 3.05) is 0 Å². The van der Waals surface area contributed by atoms with Gasteiger partial charge < -0.3 is 30.2 Å². The highest BCUT2D eigenvalue weighted by atomic mass is 16.7. The van der Waals surface area contributed by atoms with E-state index in [-0.39, 0.29) is 12.2 Å². The van der Waals surface area contributed by atoms with E-state index >= 15 is 0 Å². The molecule has 0 bridgehead atoms. The third-order valence-electron chi connectivity index (χ3n) is 4.15. The molecule has 1 spiro atoms. The lowest BCUT2D eigenvalue weighted by molar-refractivity contribution is -0.288. The molecular formula is C15H17NO7. The van der Waals surface area contributed by atoms with Crippen molar-refractivity contribution in [3.63, 3.8) is 0 Å². The zero-order valence-corrected chi connectivity index (χ0v) is 12.2. The second-order valence-electron chi connectivity index (χ2n) is 5.64. The Balaban J connectivity index is 1.84. The number of nitrogens with two attached hydrogens (primary N) is 1. The Bertz CT molecular complexity index is 647. The Morgan fingerprint density at radius 3 is 2.87 bits per heavy atom. The van der Waals surface area contributed by atoms with Gasteiger partial charge in [-0.2, -0.15) is 0 Å². The van der Waals surface area contributed by atoms with Gasteiger partial charge in [-0.25, -0.2) is 9.59 Å². The first-order chi connectivity index (χ1) is 10.9. The van der Waals surface area contributed by atoms with Crippen LogP contribution in [-0.2, 0) is 16.1 Å². The quantitative estimate of drug-likeness (QED) is 0.740. The lowest BCUT2D eigenvalue weighted by Gasteiger charge is -2.46. The van der Waals surface area contributed by atoms with Crippen LogP contribution in [-0.4, -0.2) is 40.3 Å². The Morgan fingerprint density at radius 2 is 2.17 bits per heavy atom. The zero-order chi connectivity index (χ0) is 16.6. The maximum atomic E-state index is 11.0. The first kappa shape index (κ1) is 15.6. The number of carbonyl (C=O) groups excluding carboxylic acids is 1. The number of aliphatic hydroxyl groups excluding tert-OH is 1. The van der Waals surface area contributed by atoms with Crippen LogP contribution in [0.4, 0.5) is 4.79 Å². The highest BCUT2D eigenvalue weighted by Gasteiger charge is 2.51. The Morgan fingerprint density at radius 1 is 1.39 bits per heavy atom. The molecule has 8 nitrogen and oxygen atoms in total. The molecule has 3 atom stereocenters. The summed E-state index contributed by atoms with van der Waals surface area (Å²) in [6.07, 6.45) is -1.45. The van der Waals surface area contributed by atoms with Crippen LogP contribution in [0.1, 0.15) is 35.2 Å². The van der Waals surface area contributed by atoms with Crippen molar-refractivity contribution in [2.45, 2.75) is 43.9 Å². The molecule has 1 aromatic carbocycles. The number of hydrogen-bond acceptors (Lipinski definition) is 6. The van der Waals surface area contributed by atoms with Crippen LogP contribution >= 0.6 is 0 Å². The first-order valence-corrected chi connectivity index (χ1v) is 7.25. The number of fused-ring (bicyclic) bond motifs is 1. The maximum Gasteiger partial charge on any atom is 0.404 e. The summed E-state index contributed by atoms with van der Waals surface area (Å²) in [6, 6.07) is 4.43. The molecule has 1 aliphatic carbocycles. The van der Waals surface area contributed by atoms with Crippen molar-refractivity contribution in [3.05, 3.63) is 29.3 Å². The normalized spacial score (nSPS) is 29.4. The third-order valence-corrected chi connectivity index (χ3v) is 4.15. The lowest BCUT2D eigenvalue weighted by Crippen LogP contribution is -2.59. The summed E-state index contributed by atoms with van der Waals surface area (Å²) in [6.45, 7) is 0.0941. The molecule has 1 heterocycles. The second-order valence-corrected chi connectivity index (χ2v) is 5.64. The van der Waals surface area contributed by atoms with Crippen LogP contribution in [0.3, 0.4) is 0 Å². The number of aliphatic hydroxyl groups is 1. The fraction of sp³-hybridized carbons (Fsp3) is 0.467. The molecule has 0 saturated heterocycles. The monoisotopic (exact) mass is 323 g/mol. The van der Waals surface area contributed by atoms with Crippen LogP contribution in [0.15, 0.2) is 18.2 Å². The fourth-order valence-corrected chi connectivity index (χ4v) is 3.02. The number of rotatable bonds is 2. The van der Waals surface area contributed by atoms with Crippen molar-refractivity contribution in [1.82, 2.24) is 0 Å². The third kappa shape index (κ3) is 2.82. The molecule has 1 aliphatic heterocycles. The smallest absolute Gasteiger partial charge is 0.404 e. The Hall–Kier alpha value is -2.32. The average molecular weight is 323 g/mol. The predicted molar refractivity (Wildman–Crippen MR) is 75.9 cm³/mol. The van der Waals surface area contributed by atoms with E-state index in [9.17, 15) is 14.7 Å². The van der Waals surface area contributed by atoms with Gasteiger partial charge in [-0.15, -0.1) is 0 Å². The minimum atomic E-state index is -1.32. The number of carboxylic acid groups (broad SMARTS) is 1. The number of hydrogen-bond donors (Lipinski definition) is 3. The molecule has 0 unspecified atom stereocenters. The summed E-state index contributed by atoms with van der Waals surface area (Å²) >= 11 is 0. The van der Waals surface area contributed by atoms with E-state index in [0.717, 1.165) is 0 Å². The standard InChI is InChI=1S/C15H17NO7/c16-14(20)22-11-2-1-5-15(12(11)17)21-7-9-6-8(13(18)19)3-4-10(9)23-15/h3-4,6,11-12,17H,1-2,5,7H2,(H2,16,20)(H,18,19)/t11-,12-,15-/m0/s1. The summed E-state index contributed by atoms with van der Waals surface area (Å²) in [5.74, 6) is -1.92. The minimum absolute atomic E-state index is 0.0941. The molecular weight excluding hydrogens is 306 g/mol. The largest absolute Gasteiger partial charge is 0.478 e. The van der Waals surface area contributed by atoms with Crippen molar-refractivity contribution >= 4 is 12.1 Å². The molecule has 23 heavy (non-hydrogen) atoms. The highest BCUT2D eigenvalue weighted by molar-refractivity contribution is 5.88. The summed E-state index contributed by atoms with van der Waals surface area (Å²) in [5, 5.41) is 19.5. The van der Waals surface area contributed by atoms with Gasteiger partial charge in [-0.05, 0) is 31.0 Å². The molecule has 4 N–H and O–H groups in total. The van der Waals surface area contributed by atoms with Crippen molar-refractivity contribution in [2.24, 2.45) is 5.73 Å². The van der Waals surface area contributed by atoms with Gasteiger partial charge >= 0.3 is 12.1 Å². The predicted octanol–water partition coefficient (Wildman–Crippen LogP) is 0.999. The van der Waals surface area contributed by atoms with E-state index in [0.29, 0.717) is 30.6 Å². The molecule has 1 amide bonds. The summed E-state index contributed by atoms with van der Waals surface area (Å²) in [4.78, 5) is 21.9. The molecule has 1 fully saturated rings. The van der Waals surface area contributed by atoms with Crippen molar-refractivity contribution in [3.8, 4) is 5.75 Å². The number of primary amides is 1. The van der Waals surface area contributed by atoms with E-state index in [4.69, 9.17) is 25.1 Å². The van der Waals surface area contributed by atoms with E-state index in [1.807, 2.05) is 0 Å². The Labute approximate surface area is 131 Å². The maximum absolute atomic E-state index is 11.0. The van der Waals surface area contributed by atoms with Gasteiger partial charge in [0, 0.05) is 12.0 Å². The number of amides is 1. The van der Waals surface area contributed by atoms with E-state index in [1.54, 1.807) is 0 Å². The lowest BCUT2D eigenvalue weighted by atomic mass is 9.87. The molecule has 1 aromatic rings. The van der Waals surface area contributed by atoms with Gasteiger partial charge in [-0.1, -0.05) is 0 Å². The van der Waals surface area contributed by atoms with Gasteiger partial charge in [0.15, 0.2) is 6.10 Å². The molecule has 124 valence electrons. The van der Waals surface area contributed by atoms with E-state index < -0.39 is 30.1 Å². The number of carbonyl (C=O) groups is 2. The Kier molecular flexibility index (Phi) is 3.87. The number of carboxylic acids is 1.